The topological polar surface area (TPSA) is 101 Å². The first-order chi connectivity index (χ1) is 7.41. The van der Waals surface area contributed by atoms with E-state index in [9.17, 15) is 20.0 Å². The third kappa shape index (κ3) is 2.71. The second kappa shape index (κ2) is 4.63. The number of hydrogen-bond donors (Lipinski definition) is 2. The summed E-state index contributed by atoms with van der Waals surface area (Å²) in [5.41, 5.74) is -0.433. The van der Waals surface area contributed by atoms with Crippen molar-refractivity contribution >= 4 is 23.6 Å². The fourth-order valence-corrected chi connectivity index (χ4v) is 1.28. The van der Waals surface area contributed by atoms with Crippen molar-refractivity contribution in [3.8, 4) is 5.75 Å². The van der Waals surface area contributed by atoms with Crippen molar-refractivity contribution in [2.75, 3.05) is 0 Å². The number of benzene rings is 1. The lowest BCUT2D eigenvalue weighted by Gasteiger charge is -2.03. The van der Waals surface area contributed by atoms with Crippen LogP contribution in [0.25, 0.3) is 6.08 Å². The zero-order valence-electron chi connectivity index (χ0n) is 7.75. The Hall–Kier alpha value is -2.08. The quantitative estimate of drug-likeness (QED) is 0.624. The first kappa shape index (κ1) is 12.0. The Kier molecular flexibility index (Phi) is 3.47. The lowest BCUT2D eigenvalue weighted by atomic mass is 10.1. The van der Waals surface area contributed by atoms with E-state index in [2.05, 4.69) is 0 Å². The maximum Gasteiger partial charge on any atom is 0.339 e. The Morgan fingerprint density at radius 2 is 2.12 bits per heavy atom. The van der Waals surface area contributed by atoms with Gasteiger partial charge in [0.1, 0.15) is 11.3 Å². The standard InChI is InChI=1S/C9H6ClNO5/c10-6-3-5(1-2-11(15)16)8(12)7(4-6)9(13)14/h1-4,12H,(H,13,14). The number of rotatable bonds is 3. The van der Waals surface area contributed by atoms with E-state index in [1.807, 2.05) is 0 Å². The molecule has 0 radical (unpaired) electrons. The Morgan fingerprint density at radius 1 is 1.50 bits per heavy atom. The number of carbonyl (C=O) groups is 1. The fourth-order valence-electron chi connectivity index (χ4n) is 1.05. The molecule has 0 saturated carbocycles. The molecule has 0 bridgehead atoms. The molecule has 0 aliphatic carbocycles. The van der Waals surface area contributed by atoms with Gasteiger partial charge in [-0.3, -0.25) is 10.1 Å². The van der Waals surface area contributed by atoms with Crippen LogP contribution in [0.5, 0.6) is 5.75 Å². The second-order valence-electron chi connectivity index (χ2n) is 2.80. The van der Waals surface area contributed by atoms with Gasteiger partial charge in [0.05, 0.1) is 4.92 Å². The summed E-state index contributed by atoms with van der Waals surface area (Å²) in [7, 11) is 0. The molecule has 0 amide bonds. The zero-order chi connectivity index (χ0) is 12.3. The van der Waals surface area contributed by atoms with Gasteiger partial charge in [-0.25, -0.2) is 4.79 Å². The van der Waals surface area contributed by atoms with Crippen molar-refractivity contribution in [2.24, 2.45) is 0 Å². The monoisotopic (exact) mass is 243 g/mol. The summed E-state index contributed by atoms with van der Waals surface area (Å²) in [4.78, 5) is 20.0. The summed E-state index contributed by atoms with van der Waals surface area (Å²) in [6, 6.07) is 2.28. The van der Waals surface area contributed by atoms with Crippen molar-refractivity contribution in [3.05, 3.63) is 44.6 Å². The molecular weight excluding hydrogens is 238 g/mol. The van der Waals surface area contributed by atoms with Crippen LogP contribution >= 0.6 is 11.6 Å². The van der Waals surface area contributed by atoms with Gasteiger partial charge in [-0.2, -0.15) is 0 Å². The highest BCUT2D eigenvalue weighted by molar-refractivity contribution is 6.31. The number of nitro groups is 1. The summed E-state index contributed by atoms with van der Waals surface area (Å²) in [6.07, 6.45) is 1.55. The molecule has 1 aromatic carbocycles. The molecule has 84 valence electrons. The molecule has 0 fully saturated rings. The second-order valence-corrected chi connectivity index (χ2v) is 3.23. The summed E-state index contributed by atoms with van der Waals surface area (Å²) in [5.74, 6) is -1.93. The van der Waals surface area contributed by atoms with Crippen LogP contribution < -0.4 is 0 Å². The lowest BCUT2D eigenvalue weighted by molar-refractivity contribution is -0.400. The molecule has 0 atom stereocenters. The van der Waals surface area contributed by atoms with Crippen LogP contribution in [0.1, 0.15) is 15.9 Å². The lowest BCUT2D eigenvalue weighted by Crippen LogP contribution is -1.98. The number of phenols is 1. The molecule has 0 heterocycles. The summed E-state index contributed by atoms with van der Waals surface area (Å²) >= 11 is 5.60. The molecule has 0 aromatic heterocycles. The molecule has 0 aliphatic heterocycles. The number of hydrogen-bond acceptors (Lipinski definition) is 4. The molecular formula is C9H6ClNO5. The van der Waals surface area contributed by atoms with Crippen LogP contribution in [0, 0.1) is 10.1 Å². The van der Waals surface area contributed by atoms with Crippen molar-refractivity contribution < 1.29 is 19.9 Å². The van der Waals surface area contributed by atoms with Crippen LogP contribution in [-0.4, -0.2) is 21.1 Å². The summed E-state index contributed by atoms with van der Waals surface area (Å²) < 4.78 is 0. The van der Waals surface area contributed by atoms with Crippen LogP contribution in [0.3, 0.4) is 0 Å². The maximum atomic E-state index is 10.7. The number of aromatic carboxylic acids is 1. The normalized spacial score (nSPS) is 10.6. The molecule has 7 heteroatoms. The fraction of sp³-hybridized carbons (Fsp3) is 0. The van der Waals surface area contributed by atoms with Gasteiger partial charge < -0.3 is 10.2 Å². The van der Waals surface area contributed by atoms with E-state index in [0.717, 1.165) is 12.1 Å². The van der Waals surface area contributed by atoms with Gasteiger partial charge in [0.2, 0.25) is 6.20 Å². The van der Waals surface area contributed by atoms with Crippen molar-refractivity contribution in [1.29, 1.82) is 0 Å². The molecule has 6 nitrogen and oxygen atoms in total. The van der Waals surface area contributed by atoms with Crippen molar-refractivity contribution in [2.45, 2.75) is 0 Å². The number of aromatic hydroxyl groups is 1. The number of carboxylic acid groups (broad SMARTS) is 1. The van der Waals surface area contributed by atoms with Gasteiger partial charge >= 0.3 is 5.97 Å². The van der Waals surface area contributed by atoms with Crippen LogP contribution in [0.2, 0.25) is 5.02 Å². The van der Waals surface area contributed by atoms with Gasteiger partial charge in [-0.1, -0.05) is 11.6 Å². The zero-order valence-corrected chi connectivity index (χ0v) is 8.51. The van der Waals surface area contributed by atoms with Gasteiger partial charge in [0, 0.05) is 16.7 Å². The highest BCUT2D eigenvalue weighted by atomic mass is 35.5. The van der Waals surface area contributed by atoms with E-state index in [-0.39, 0.29) is 10.6 Å². The van der Waals surface area contributed by atoms with Gasteiger partial charge in [-0.05, 0) is 12.1 Å². The Labute approximate surface area is 94.5 Å². The van der Waals surface area contributed by atoms with Crippen molar-refractivity contribution in [3.63, 3.8) is 0 Å². The molecule has 1 rings (SSSR count). The Balaban J connectivity index is 3.29. The average Bonchev–Trinajstić information content (AvgIpc) is 2.18. The van der Waals surface area contributed by atoms with E-state index >= 15 is 0 Å². The Morgan fingerprint density at radius 3 is 2.62 bits per heavy atom. The molecule has 16 heavy (non-hydrogen) atoms. The minimum absolute atomic E-state index is 0.0263. The first-order valence-corrected chi connectivity index (χ1v) is 4.37. The third-order valence-electron chi connectivity index (χ3n) is 1.71. The minimum atomic E-state index is -1.37. The van der Waals surface area contributed by atoms with Crippen LogP contribution in [-0.2, 0) is 0 Å². The minimum Gasteiger partial charge on any atom is -0.506 e. The van der Waals surface area contributed by atoms with Gasteiger partial charge in [0.25, 0.3) is 0 Å². The molecule has 0 aliphatic rings. The number of nitrogens with zero attached hydrogens (tertiary/aromatic N) is 1. The van der Waals surface area contributed by atoms with Crippen molar-refractivity contribution in [1.82, 2.24) is 0 Å². The molecule has 0 spiro atoms. The van der Waals surface area contributed by atoms with E-state index in [0.29, 0.717) is 6.20 Å². The van der Waals surface area contributed by atoms with Crippen LogP contribution in [0.15, 0.2) is 18.3 Å². The summed E-state index contributed by atoms with van der Waals surface area (Å²) in [6.45, 7) is 0. The molecule has 0 unspecified atom stereocenters. The predicted octanol–water partition coefficient (Wildman–Crippen LogP) is 1.99. The first-order valence-electron chi connectivity index (χ1n) is 3.99. The summed E-state index contributed by atoms with van der Waals surface area (Å²) in [5, 5.41) is 28.3. The van der Waals surface area contributed by atoms with E-state index < -0.39 is 22.2 Å². The SMILES string of the molecule is O=C(O)c1cc(Cl)cc(C=C[N+](=O)[O-])c1O. The van der Waals surface area contributed by atoms with Crippen LogP contribution in [0.4, 0.5) is 0 Å². The maximum absolute atomic E-state index is 10.7. The smallest absolute Gasteiger partial charge is 0.339 e. The average molecular weight is 244 g/mol. The third-order valence-corrected chi connectivity index (χ3v) is 1.93. The van der Waals surface area contributed by atoms with Gasteiger partial charge in [0.15, 0.2) is 0 Å². The highest BCUT2D eigenvalue weighted by Gasteiger charge is 2.14. The van der Waals surface area contributed by atoms with E-state index in [1.165, 1.54) is 6.07 Å². The number of carboxylic acids is 1. The largest absolute Gasteiger partial charge is 0.506 e. The molecule has 1 aromatic rings. The highest BCUT2D eigenvalue weighted by Crippen LogP contribution is 2.28. The number of halogens is 1. The Bertz CT molecular complexity index is 483. The van der Waals surface area contributed by atoms with E-state index in [4.69, 9.17) is 16.7 Å². The molecule has 2 N–H and O–H groups in total. The predicted molar refractivity (Wildman–Crippen MR) is 56.1 cm³/mol. The van der Waals surface area contributed by atoms with E-state index in [1.54, 1.807) is 0 Å². The van der Waals surface area contributed by atoms with Gasteiger partial charge in [-0.15, -0.1) is 0 Å². The molecule has 0 saturated heterocycles.